The van der Waals surface area contributed by atoms with E-state index in [2.05, 4.69) is 5.32 Å². The zero-order valence-corrected chi connectivity index (χ0v) is 17.7. The average Bonchev–Trinajstić information content (AvgIpc) is 3.17. The summed E-state index contributed by atoms with van der Waals surface area (Å²) in [6.07, 6.45) is 5.97. The highest BCUT2D eigenvalue weighted by atomic mass is 32.2. The molecule has 0 spiro atoms. The highest BCUT2D eigenvalue weighted by Crippen LogP contribution is 2.25. The van der Waals surface area contributed by atoms with E-state index in [0.29, 0.717) is 5.69 Å². The second-order valence-corrected chi connectivity index (χ2v) is 9.60. The molecule has 1 fully saturated rings. The van der Waals surface area contributed by atoms with Gasteiger partial charge in [0, 0.05) is 12.2 Å². The molecular weight excluding hydrogens is 388 g/mol. The Hall–Kier alpha value is -2.38. The second-order valence-electron chi connectivity index (χ2n) is 7.61. The average molecular weight is 417 g/mol. The van der Waals surface area contributed by atoms with Crippen LogP contribution in [0.25, 0.3) is 0 Å². The summed E-state index contributed by atoms with van der Waals surface area (Å²) < 4.78 is 31.3. The van der Waals surface area contributed by atoms with E-state index in [1.165, 1.54) is 17.1 Å². The van der Waals surface area contributed by atoms with Gasteiger partial charge >= 0.3 is 0 Å². The molecule has 0 saturated heterocycles. The van der Waals surface area contributed by atoms with Crippen LogP contribution < -0.4 is 10.1 Å². The van der Waals surface area contributed by atoms with E-state index in [1.807, 2.05) is 43.3 Å². The minimum Gasteiger partial charge on any atom is -0.490 e. The van der Waals surface area contributed by atoms with Gasteiger partial charge < -0.3 is 10.1 Å². The van der Waals surface area contributed by atoms with E-state index < -0.39 is 10.0 Å². The van der Waals surface area contributed by atoms with Crippen LogP contribution in [0.3, 0.4) is 0 Å². The third kappa shape index (κ3) is 6.58. The number of carbonyl (C=O) groups is 1. The normalized spacial score (nSPS) is 14.9. The number of nitrogens with one attached hydrogen (secondary N) is 1. The van der Waals surface area contributed by atoms with E-state index in [1.54, 1.807) is 12.1 Å². The molecule has 0 heterocycles. The van der Waals surface area contributed by atoms with Crippen LogP contribution in [0.2, 0.25) is 0 Å². The zero-order chi connectivity index (χ0) is 20.9. The fourth-order valence-corrected chi connectivity index (χ4v) is 4.10. The van der Waals surface area contributed by atoms with Crippen molar-refractivity contribution < 1.29 is 17.9 Å². The number of hydrogen-bond acceptors (Lipinski definition) is 4. The van der Waals surface area contributed by atoms with Crippen molar-refractivity contribution in [3.63, 3.8) is 0 Å². The molecule has 3 rings (SSSR count). The highest BCUT2D eigenvalue weighted by Gasteiger charge is 2.21. The Morgan fingerprint density at radius 1 is 1.07 bits per heavy atom. The van der Waals surface area contributed by atoms with Crippen molar-refractivity contribution in [3.05, 3.63) is 59.7 Å². The summed E-state index contributed by atoms with van der Waals surface area (Å²) in [4.78, 5) is 12.4. The number of anilines is 1. The van der Waals surface area contributed by atoms with Gasteiger partial charge in [-0.25, -0.2) is 8.42 Å². The molecule has 2 aromatic carbocycles. The molecule has 0 unspecified atom stereocenters. The van der Waals surface area contributed by atoms with E-state index in [-0.39, 0.29) is 25.1 Å². The van der Waals surface area contributed by atoms with Crippen molar-refractivity contribution in [2.75, 3.05) is 18.1 Å². The Kier molecular flexibility index (Phi) is 6.92. The number of hydrogen-bond donors (Lipinski definition) is 1. The van der Waals surface area contributed by atoms with Gasteiger partial charge in [-0.05, 0) is 62.4 Å². The van der Waals surface area contributed by atoms with Gasteiger partial charge in [-0.2, -0.15) is 4.31 Å². The predicted octanol–water partition coefficient (Wildman–Crippen LogP) is 3.72. The largest absolute Gasteiger partial charge is 0.490 e. The van der Waals surface area contributed by atoms with Crippen LogP contribution in [0.1, 0.15) is 36.8 Å². The zero-order valence-electron chi connectivity index (χ0n) is 16.9. The Morgan fingerprint density at radius 3 is 2.28 bits per heavy atom. The van der Waals surface area contributed by atoms with Crippen molar-refractivity contribution in [1.82, 2.24) is 4.31 Å². The van der Waals surface area contributed by atoms with Gasteiger partial charge in [0.05, 0.1) is 18.9 Å². The molecule has 1 amide bonds. The molecule has 1 saturated carbocycles. The lowest BCUT2D eigenvalue weighted by Gasteiger charge is -2.20. The summed E-state index contributed by atoms with van der Waals surface area (Å²) in [6.45, 7) is 1.88. The molecule has 0 bridgehead atoms. The molecular formula is C22H28N2O4S. The topological polar surface area (TPSA) is 75.7 Å². The predicted molar refractivity (Wildman–Crippen MR) is 114 cm³/mol. The lowest BCUT2D eigenvalue weighted by atomic mass is 10.1. The van der Waals surface area contributed by atoms with Crippen LogP contribution in [0.4, 0.5) is 5.69 Å². The minimum absolute atomic E-state index is 0.153. The van der Waals surface area contributed by atoms with Gasteiger partial charge in [0.2, 0.25) is 15.9 Å². The summed E-state index contributed by atoms with van der Waals surface area (Å²) in [5, 5.41) is 2.76. The van der Waals surface area contributed by atoms with Gasteiger partial charge in [-0.1, -0.05) is 29.8 Å². The number of benzene rings is 2. The number of nitrogens with zero attached hydrogens (tertiary/aromatic N) is 1. The second kappa shape index (κ2) is 9.41. The van der Waals surface area contributed by atoms with E-state index in [4.69, 9.17) is 4.74 Å². The molecule has 0 atom stereocenters. The smallest absolute Gasteiger partial charge is 0.239 e. The molecule has 0 aromatic heterocycles. The molecule has 1 N–H and O–H groups in total. The molecule has 0 aliphatic heterocycles. The lowest BCUT2D eigenvalue weighted by Crippen LogP contribution is -2.36. The minimum atomic E-state index is -3.53. The number of carbonyl (C=O) groups excluding carboxylic acids is 1. The number of ether oxygens (including phenoxy) is 1. The Labute approximate surface area is 172 Å². The first kappa shape index (κ1) is 21.3. The van der Waals surface area contributed by atoms with Crippen LogP contribution in [0.15, 0.2) is 48.5 Å². The number of amides is 1. The van der Waals surface area contributed by atoms with Gasteiger partial charge in [0.25, 0.3) is 0 Å². The van der Waals surface area contributed by atoms with Crippen molar-refractivity contribution in [2.24, 2.45) is 0 Å². The van der Waals surface area contributed by atoms with Crippen LogP contribution in [-0.2, 0) is 21.4 Å². The standard InChI is InChI=1S/C22H28N2O4S/c1-17-7-9-18(10-8-17)15-24(29(2,26)27)16-22(25)23-19-11-13-21(14-12-19)28-20-5-3-4-6-20/h7-14,20H,3-6,15-16H2,1-2H3,(H,23,25). The van der Waals surface area contributed by atoms with Crippen LogP contribution in [-0.4, -0.2) is 37.5 Å². The summed E-state index contributed by atoms with van der Waals surface area (Å²) in [5.41, 5.74) is 2.54. The van der Waals surface area contributed by atoms with Gasteiger partial charge in [0.15, 0.2) is 0 Å². The van der Waals surface area contributed by atoms with E-state index >= 15 is 0 Å². The highest BCUT2D eigenvalue weighted by molar-refractivity contribution is 7.88. The quantitative estimate of drug-likeness (QED) is 0.712. The van der Waals surface area contributed by atoms with Gasteiger partial charge in [-0.15, -0.1) is 0 Å². The van der Waals surface area contributed by atoms with E-state index in [0.717, 1.165) is 36.0 Å². The monoisotopic (exact) mass is 416 g/mol. The summed E-state index contributed by atoms with van der Waals surface area (Å²) >= 11 is 0. The SMILES string of the molecule is Cc1ccc(CN(CC(=O)Nc2ccc(OC3CCCC3)cc2)S(C)(=O)=O)cc1. The van der Waals surface area contributed by atoms with Crippen molar-refractivity contribution in [2.45, 2.75) is 45.3 Å². The fraction of sp³-hybridized carbons (Fsp3) is 0.409. The summed E-state index contributed by atoms with van der Waals surface area (Å²) in [6, 6.07) is 14.8. The Bertz CT molecular complexity index is 918. The molecule has 156 valence electrons. The Balaban J connectivity index is 1.58. The van der Waals surface area contributed by atoms with Crippen molar-refractivity contribution in [3.8, 4) is 5.75 Å². The number of rotatable bonds is 8. The lowest BCUT2D eigenvalue weighted by molar-refractivity contribution is -0.116. The van der Waals surface area contributed by atoms with Crippen molar-refractivity contribution >= 4 is 21.6 Å². The molecule has 2 aromatic rings. The van der Waals surface area contributed by atoms with Crippen molar-refractivity contribution in [1.29, 1.82) is 0 Å². The summed E-state index contributed by atoms with van der Waals surface area (Å²) in [7, 11) is -3.53. The molecule has 6 nitrogen and oxygen atoms in total. The van der Waals surface area contributed by atoms with Crippen LogP contribution in [0, 0.1) is 6.92 Å². The first-order valence-corrected chi connectivity index (χ1v) is 11.7. The summed E-state index contributed by atoms with van der Waals surface area (Å²) in [5.74, 6) is 0.402. The first-order valence-electron chi connectivity index (χ1n) is 9.87. The maximum Gasteiger partial charge on any atom is 0.239 e. The van der Waals surface area contributed by atoms with Crippen LogP contribution >= 0.6 is 0 Å². The molecule has 29 heavy (non-hydrogen) atoms. The third-order valence-electron chi connectivity index (χ3n) is 5.01. The van der Waals surface area contributed by atoms with Gasteiger partial charge in [-0.3, -0.25) is 4.79 Å². The molecule has 0 radical (unpaired) electrons. The van der Waals surface area contributed by atoms with Crippen LogP contribution in [0.5, 0.6) is 5.75 Å². The molecule has 1 aliphatic carbocycles. The van der Waals surface area contributed by atoms with Gasteiger partial charge in [0.1, 0.15) is 5.75 Å². The number of sulfonamides is 1. The number of aryl methyl sites for hydroxylation is 1. The van der Waals surface area contributed by atoms with E-state index in [9.17, 15) is 13.2 Å². The molecule has 1 aliphatic rings. The first-order chi connectivity index (χ1) is 13.8. The maximum absolute atomic E-state index is 12.4. The Morgan fingerprint density at radius 2 is 1.69 bits per heavy atom. The third-order valence-corrected chi connectivity index (χ3v) is 6.21. The fourth-order valence-electron chi connectivity index (χ4n) is 3.36. The molecule has 7 heteroatoms. The maximum atomic E-state index is 12.4.